The zero-order chi connectivity index (χ0) is 19.6. The fourth-order valence-corrected chi connectivity index (χ4v) is 2.22. The molecule has 0 saturated heterocycles. The second kappa shape index (κ2) is 11.1. The molecule has 0 aliphatic rings. The van der Waals surface area contributed by atoms with Crippen LogP contribution in [0.25, 0.3) is 0 Å². The summed E-state index contributed by atoms with van der Waals surface area (Å²) < 4.78 is 14.7. The molecule has 7 nitrogen and oxygen atoms in total. The van der Waals surface area contributed by atoms with Gasteiger partial charge in [0.15, 0.2) is 0 Å². The van der Waals surface area contributed by atoms with E-state index in [-0.39, 0.29) is 0 Å². The minimum atomic E-state index is -4.64. The van der Waals surface area contributed by atoms with Crippen LogP contribution in [0.2, 0.25) is 0 Å². The Hall–Kier alpha value is -1.73. The van der Waals surface area contributed by atoms with Gasteiger partial charge in [0.1, 0.15) is 11.9 Å². The quantitative estimate of drug-likeness (QED) is 0.428. The molecule has 0 bridgehead atoms. The average Bonchev–Trinajstić information content (AvgIpc) is 2.57. The van der Waals surface area contributed by atoms with Crippen molar-refractivity contribution in [2.24, 2.45) is 0 Å². The largest absolute Gasteiger partial charge is 0.493 e. The fourth-order valence-electron chi connectivity index (χ4n) is 2.22. The highest BCUT2D eigenvalue weighted by atomic mass is 31.2. The average molecular weight is 383 g/mol. The lowest BCUT2D eigenvalue weighted by Gasteiger charge is -2.17. The van der Waals surface area contributed by atoms with Crippen molar-refractivity contribution < 1.29 is 29.1 Å². The van der Waals surface area contributed by atoms with Gasteiger partial charge in [-0.25, -0.2) is 4.57 Å². The summed E-state index contributed by atoms with van der Waals surface area (Å²) in [4.78, 5) is 23.7. The molecule has 1 unspecified atom stereocenters. The van der Waals surface area contributed by atoms with E-state index in [1.165, 1.54) is 0 Å². The third kappa shape index (κ3) is 9.68. The minimum absolute atomic E-state index is 0.650. The predicted molar refractivity (Wildman–Crippen MR) is 99.9 cm³/mol. The van der Waals surface area contributed by atoms with Crippen LogP contribution in [0.1, 0.15) is 23.7 Å². The van der Waals surface area contributed by atoms with Crippen molar-refractivity contribution in [1.29, 1.82) is 0 Å². The standard InChI is InChI=1S/C18H23NO2.H3O4P/c1-19(2)13-8-14-21-17-12-7-6-11-16(17)18(20)15-9-4-3-5-10-15;1-5(2,3)4/h3-7,9-12,18,20H,8,13-14H2,1-2H3;(H3,1,2,3,4). The molecular formula is C18H26NO6P. The fraction of sp³-hybridized carbons (Fsp3) is 0.333. The van der Waals surface area contributed by atoms with Crippen LogP contribution < -0.4 is 4.74 Å². The summed E-state index contributed by atoms with van der Waals surface area (Å²) in [5.41, 5.74) is 1.69. The molecule has 0 aromatic heterocycles. The van der Waals surface area contributed by atoms with Crippen molar-refractivity contribution in [3.05, 3.63) is 65.7 Å². The van der Waals surface area contributed by atoms with Crippen molar-refractivity contribution in [1.82, 2.24) is 4.90 Å². The zero-order valence-electron chi connectivity index (χ0n) is 14.9. The Bertz CT molecular complexity index is 681. The first-order valence-electron chi connectivity index (χ1n) is 8.06. The van der Waals surface area contributed by atoms with Crippen LogP contribution in [0.3, 0.4) is 0 Å². The van der Waals surface area contributed by atoms with E-state index in [0.29, 0.717) is 6.61 Å². The van der Waals surface area contributed by atoms with Gasteiger partial charge in [-0.1, -0.05) is 48.5 Å². The van der Waals surface area contributed by atoms with E-state index in [0.717, 1.165) is 29.8 Å². The highest BCUT2D eigenvalue weighted by molar-refractivity contribution is 7.45. The van der Waals surface area contributed by atoms with Crippen LogP contribution >= 0.6 is 7.82 Å². The molecule has 2 aromatic carbocycles. The Morgan fingerprint density at radius 2 is 1.54 bits per heavy atom. The molecule has 2 rings (SSSR count). The summed E-state index contributed by atoms with van der Waals surface area (Å²) in [7, 11) is -0.541. The monoisotopic (exact) mass is 383 g/mol. The highest BCUT2D eigenvalue weighted by Gasteiger charge is 2.14. The molecule has 0 fully saturated rings. The van der Waals surface area contributed by atoms with Gasteiger partial charge in [-0.05, 0) is 32.1 Å². The maximum absolute atomic E-state index is 10.5. The van der Waals surface area contributed by atoms with Crippen LogP contribution in [0.15, 0.2) is 54.6 Å². The van der Waals surface area contributed by atoms with Crippen molar-refractivity contribution in [2.75, 3.05) is 27.2 Å². The molecule has 26 heavy (non-hydrogen) atoms. The lowest BCUT2D eigenvalue weighted by Crippen LogP contribution is -2.16. The molecule has 0 heterocycles. The lowest BCUT2D eigenvalue weighted by molar-refractivity contribution is 0.208. The topological polar surface area (TPSA) is 110 Å². The van der Waals surface area contributed by atoms with Gasteiger partial charge in [0, 0.05) is 12.1 Å². The predicted octanol–water partition coefficient (Wildman–Crippen LogP) is 2.17. The molecule has 0 aliphatic heterocycles. The maximum Gasteiger partial charge on any atom is 0.466 e. The Morgan fingerprint density at radius 1 is 1.00 bits per heavy atom. The van der Waals surface area contributed by atoms with Gasteiger partial charge in [0.25, 0.3) is 0 Å². The zero-order valence-corrected chi connectivity index (χ0v) is 15.8. The number of hydrogen-bond donors (Lipinski definition) is 4. The third-order valence-corrected chi connectivity index (χ3v) is 3.34. The van der Waals surface area contributed by atoms with E-state index in [4.69, 9.17) is 24.0 Å². The Labute approximate surface area is 153 Å². The lowest BCUT2D eigenvalue weighted by atomic mass is 10.0. The number of aliphatic hydroxyl groups is 1. The van der Waals surface area contributed by atoms with Gasteiger partial charge >= 0.3 is 7.82 Å². The van der Waals surface area contributed by atoms with Crippen molar-refractivity contribution >= 4 is 7.82 Å². The van der Waals surface area contributed by atoms with Crippen LogP contribution in [-0.2, 0) is 4.57 Å². The molecule has 0 aliphatic carbocycles. The van der Waals surface area contributed by atoms with Crippen molar-refractivity contribution in [2.45, 2.75) is 12.5 Å². The first kappa shape index (κ1) is 22.3. The number of aliphatic hydroxyl groups excluding tert-OH is 1. The van der Waals surface area contributed by atoms with Crippen LogP contribution in [0.5, 0.6) is 5.75 Å². The van der Waals surface area contributed by atoms with Gasteiger partial charge in [-0.2, -0.15) is 0 Å². The normalized spacial score (nSPS) is 12.3. The van der Waals surface area contributed by atoms with Crippen molar-refractivity contribution in [3.8, 4) is 5.75 Å². The minimum Gasteiger partial charge on any atom is -0.493 e. The van der Waals surface area contributed by atoms with Gasteiger partial charge < -0.3 is 29.4 Å². The Balaban J connectivity index is 0.000000597. The van der Waals surface area contributed by atoms with Crippen LogP contribution in [-0.4, -0.2) is 51.9 Å². The van der Waals surface area contributed by atoms with E-state index in [1.807, 2.05) is 68.7 Å². The van der Waals surface area contributed by atoms with Crippen LogP contribution in [0.4, 0.5) is 0 Å². The van der Waals surface area contributed by atoms with Gasteiger partial charge in [0.05, 0.1) is 6.61 Å². The van der Waals surface area contributed by atoms with E-state index >= 15 is 0 Å². The van der Waals surface area contributed by atoms with E-state index < -0.39 is 13.9 Å². The molecule has 8 heteroatoms. The summed E-state index contributed by atoms with van der Waals surface area (Å²) in [6.45, 7) is 1.64. The van der Waals surface area contributed by atoms with E-state index in [9.17, 15) is 5.11 Å². The summed E-state index contributed by atoms with van der Waals surface area (Å²) in [6.07, 6.45) is 0.305. The molecule has 0 amide bonds. The summed E-state index contributed by atoms with van der Waals surface area (Å²) in [6, 6.07) is 17.3. The summed E-state index contributed by atoms with van der Waals surface area (Å²) in [5.74, 6) is 0.757. The number of hydrogen-bond acceptors (Lipinski definition) is 4. The molecule has 0 radical (unpaired) electrons. The summed E-state index contributed by atoms with van der Waals surface area (Å²) in [5, 5.41) is 10.5. The number of nitrogens with zero attached hydrogens (tertiary/aromatic N) is 1. The molecule has 1 atom stereocenters. The van der Waals surface area contributed by atoms with Gasteiger partial charge in [-0.3, -0.25) is 0 Å². The Morgan fingerprint density at radius 3 is 2.12 bits per heavy atom. The van der Waals surface area contributed by atoms with Crippen LogP contribution in [0, 0.1) is 0 Å². The second-order valence-electron chi connectivity index (χ2n) is 5.87. The molecule has 0 saturated carbocycles. The summed E-state index contributed by atoms with van der Waals surface area (Å²) >= 11 is 0. The first-order valence-corrected chi connectivity index (χ1v) is 9.62. The number of benzene rings is 2. The van der Waals surface area contributed by atoms with E-state index in [2.05, 4.69) is 4.90 Å². The second-order valence-corrected chi connectivity index (χ2v) is 6.90. The molecule has 2 aromatic rings. The van der Waals surface area contributed by atoms with Crippen molar-refractivity contribution in [3.63, 3.8) is 0 Å². The third-order valence-electron chi connectivity index (χ3n) is 3.34. The van der Waals surface area contributed by atoms with E-state index in [1.54, 1.807) is 0 Å². The number of rotatable bonds is 7. The van der Waals surface area contributed by atoms with Gasteiger partial charge in [-0.15, -0.1) is 0 Å². The number of phosphoric acid groups is 1. The molecular weight excluding hydrogens is 357 g/mol. The van der Waals surface area contributed by atoms with Gasteiger partial charge in [0.2, 0.25) is 0 Å². The first-order chi connectivity index (χ1) is 12.2. The molecule has 0 spiro atoms. The molecule has 144 valence electrons. The molecule has 4 N–H and O–H groups in total. The smallest absolute Gasteiger partial charge is 0.466 e. The number of ether oxygens (including phenoxy) is 1. The highest BCUT2D eigenvalue weighted by Crippen LogP contribution is 2.29. The Kier molecular flexibility index (Phi) is 9.51. The maximum atomic E-state index is 10.5. The SMILES string of the molecule is CN(C)CCCOc1ccccc1C(O)c1ccccc1.O=P(O)(O)O. The number of para-hydroxylation sites is 1.